The van der Waals surface area contributed by atoms with Gasteiger partial charge < -0.3 is 4.74 Å². The Hall–Kier alpha value is 0.0600. The number of rotatable bonds is 6. The Bertz CT molecular complexity index is 317. The highest BCUT2D eigenvalue weighted by Crippen LogP contribution is 2.23. The van der Waals surface area contributed by atoms with Gasteiger partial charge in [-0.05, 0) is 27.9 Å². The normalized spacial score (nSPS) is 15.4. The zero-order chi connectivity index (χ0) is 12.1. The minimum absolute atomic E-state index is 0.130. The van der Waals surface area contributed by atoms with E-state index >= 15 is 0 Å². The van der Waals surface area contributed by atoms with Crippen molar-refractivity contribution < 1.29 is 4.74 Å². The zero-order valence-electron chi connectivity index (χ0n) is 9.87. The molecule has 0 bridgehead atoms. The number of halogens is 1. The molecule has 5 heteroatoms. The molecule has 0 fully saturated rings. The topological polar surface area (TPSA) is 47.3 Å². The fraction of sp³-hybridized carbons (Fsp3) is 0.636. The first-order chi connectivity index (χ1) is 7.58. The van der Waals surface area contributed by atoms with Crippen molar-refractivity contribution >= 4 is 27.3 Å². The molecule has 1 aromatic heterocycles. The number of nitrogens with one attached hydrogen (secondary N) is 1. The smallest absolute Gasteiger partial charge is 0.0764 e. The summed E-state index contributed by atoms with van der Waals surface area (Å²) in [6, 6.07) is 2.28. The van der Waals surface area contributed by atoms with Gasteiger partial charge in [0.05, 0.1) is 12.1 Å². The standard InChI is InChI=1S/C11H19BrN2OS/c1-7(2)11(15-3)10(14-13)5-9-4-8(12)6-16-9/h4,6-7,10-11,14H,5,13H2,1-3H3. The molecule has 0 aliphatic heterocycles. The van der Waals surface area contributed by atoms with Crippen LogP contribution >= 0.6 is 27.3 Å². The second-order valence-corrected chi connectivity index (χ2v) is 6.06. The molecule has 2 unspecified atom stereocenters. The van der Waals surface area contributed by atoms with Crippen LogP contribution in [0, 0.1) is 5.92 Å². The van der Waals surface area contributed by atoms with Gasteiger partial charge in [-0.15, -0.1) is 11.3 Å². The van der Waals surface area contributed by atoms with Crippen molar-refractivity contribution in [3.05, 3.63) is 20.8 Å². The predicted octanol–water partition coefficient (Wildman–Crippen LogP) is 2.56. The van der Waals surface area contributed by atoms with Gasteiger partial charge in [-0.25, -0.2) is 0 Å². The van der Waals surface area contributed by atoms with E-state index in [0.29, 0.717) is 5.92 Å². The highest BCUT2D eigenvalue weighted by atomic mass is 79.9. The SMILES string of the molecule is COC(C(C)C)C(Cc1cc(Br)cs1)NN. The molecule has 1 rings (SSSR count). The van der Waals surface area contributed by atoms with Crippen LogP contribution < -0.4 is 11.3 Å². The van der Waals surface area contributed by atoms with Crippen LogP contribution in [0.2, 0.25) is 0 Å². The molecule has 92 valence electrons. The van der Waals surface area contributed by atoms with E-state index in [2.05, 4.69) is 46.6 Å². The van der Waals surface area contributed by atoms with Crippen molar-refractivity contribution in [3.63, 3.8) is 0 Å². The predicted molar refractivity (Wildman–Crippen MR) is 72.5 cm³/mol. The first-order valence-electron chi connectivity index (χ1n) is 5.30. The van der Waals surface area contributed by atoms with Crippen LogP contribution in [0.3, 0.4) is 0 Å². The number of thiophene rings is 1. The van der Waals surface area contributed by atoms with E-state index in [1.54, 1.807) is 18.4 Å². The van der Waals surface area contributed by atoms with Gasteiger partial charge in [0.15, 0.2) is 0 Å². The van der Waals surface area contributed by atoms with Gasteiger partial charge in [0.1, 0.15) is 0 Å². The fourth-order valence-corrected chi connectivity index (χ4v) is 3.36. The number of ether oxygens (including phenoxy) is 1. The lowest BCUT2D eigenvalue weighted by atomic mass is 9.97. The molecule has 0 saturated heterocycles. The molecule has 0 spiro atoms. The average molecular weight is 307 g/mol. The average Bonchev–Trinajstić information content (AvgIpc) is 2.63. The lowest BCUT2D eigenvalue weighted by molar-refractivity contribution is 0.0334. The Morgan fingerprint density at radius 2 is 2.25 bits per heavy atom. The molecule has 0 aromatic carbocycles. The molecule has 1 aromatic rings. The molecule has 0 saturated carbocycles. The Balaban J connectivity index is 2.67. The quantitative estimate of drug-likeness (QED) is 0.627. The summed E-state index contributed by atoms with van der Waals surface area (Å²) in [7, 11) is 1.74. The van der Waals surface area contributed by atoms with Gasteiger partial charge in [0, 0.05) is 28.3 Å². The summed E-state index contributed by atoms with van der Waals surface area (Å²) in [6.07, 6.45) is 1.02. The summed E-state index contributed by atoms with van der Waals surface area (Å²) in [5.41, 5.74) is 2.86. The van der Waals surface area contributed by atoms with Crippen molar-refractivity contribution in [1.29, 1.82) is 0 Å². The Kier molecular flexibility index (Phi) is 5.92. The van der Waals surface area contributed by atoms with Crippen LogP contribution in [0.4, 0.5) is 0 Å². The van der Waals surface area contributed by atoms with Crippen molar-refractivity contribution in [2.75, 3.05) is 7.11 Å². The molecule has 3 N–H and O–H groups in total. The third-order valence-electron chi connectivity index (χ3n) is 2.58. The second-order valence-electron chi connectivity index (χ2n) is 4.15. The summed E-state index contributed by atoms with van der Waals surface area (Å²) >= 11 is 5.19. The van der Waals surface area contributed by atoms with Crippen LogP contribution in [0.15, 0.2) is 15.9 Å². The highest BCUT2D eigenvalue weighted by molar-refractivity contribution is 9.10. The molecule has 0 aliphatic rings. The molecule has 16 heavy (non-hydrogen) atoms. The molecule has 0 amide bonds. The van der Waals surface area contributed by atoms with Gasteiger partial charge in [-0.2, -0.15) is 0 Å². The van der Waals surface area contributed by atoms with E-state index in [9.17, 15) is 0 Å². The van der Waals surface area contributed by atoms with Crippen LogP contribution in [-0.2, 0) is 11.2 Å². The van der Waals surface area contributed by atoms with Gasteiger partial charge >= 0.3 is 0 Å². The number of methoxy groups -OCH3 is 1. The first kappa shape index (κ1) is 14.1. The van der Waals surface area contributed by atoms with Gasteiger partial charge in [0.25, 0.3) is 0 Å². The fourth-order valence-electron chi connectivity index (χ4n) is 1.85. The molecular weight excluding hydrogens is 288 g/mol. The lowest BCUT2D eigenvalue weighted by Crippen LogP contribution is -2.48. The summed E-state index contributed by atoms with van der Waals surface area (Å²) in [5.74, 6) is 6.04. The summed E-state index contributed by atoms with van der Waals surface area (Å²) in [4.78, 5) is 1.30. The first-order valence-corrected chi connectivity index (χ1v) is 6.97. The van der Waals surface area contributed by atoms with Crippen LogP contribution in [0.25, 0.3) is 0 Å². The molecule has 3 nitrogen and oxygen atoms in total. The Morgan fingerprint density at radius 3 is 2.62 bits per heavy atom. The van der Waals surface area contributed by atoms with E-state index in [0.717, 1.165) is 10.9 Å². The van der Waals surface area contributed by atoms with Crippen LogP contribution in [-0.4, -0.2) is 19.3 Å². The Morgan fingerprint density at radius 1 is 1.56 bits per heavy atom. The summed E-state index contributed by atoms with van der Waals surface area (Å²) in [5, 5.41) is 2.08. The third-order valence-corrected chi connectivity index (χ3v) is 4.30. The van der Waals surface area contributed by atoms with Crippen LogP contribution in [0.5, 0.6) is 0 Å². The largest absolute Gasteiger partial charge is 0.380 e. The van der Waals surface area contributed by atoms with Crippen molar-refractivity contribution in [1.82, 2.24) is 5.43 Å². The minimum Gasteiger partial charge on any atom is -0.380 e. The number of hydrogen-bond donors (Lipinski definition) is 2. The lowest BCUT2D eigenvalue weighted by Gasteiger charge is -2.28. The number of nitrogens with two attached hydrogens (primary N) is 1. The van der Waals surface area contributed by atoms with Crippen LogP contribution in [0.1, 0.15) is 18.7 Å². The third kappa shape index (κ3) is 3.82. The van der Waals surface area contributed by atoms with Gasteiger partial charge in [0.2, 0.25) is 0 Å². The number of hydrazine groups is 1. The molecule has 2 atom stereocenters. The summed E-state index contributed by atoms with van der Waals surface area (Å²) in [6.45, 7) is 4.28. The van der Waals surface area contributed by atoms with E-state index in [4.69, 9.17) is 10.6 Å². The number of hydrogen-bond acceptors (Lipinski definition) is 4. The monoisotopic (exact) mass is 306 g/mol. The highest BCUT2D eigenvalue weighted by Gasteiger charge is 2.24. The maximum atomic E-state index is 5.60. The Labute approximate surface area is 109 Å². The van der Waals surface area contributed by atoms with Crippen molar-refractivity contribution in [3.8, 4) is 0 Å². The maximum Gasteiger partial charge on any atom is 0.0764 e. The molecule has 1 heterocycles. The van der Waals surface area contributed by atoms with Gasteiger partial charge in [-0.1, -0.05) is 13.8 Å². The van der Waals surface area contributed by atoms with Crippen molar-refractivity contribution in [2.24, 2.45) is 11.8 Å². The summed E-state index contributed by atoms with van der Waals surface area (Å²) < 4.78 is 6.62. The maximum absolute atomic E-state index is 5.60. The molecule has 0 radical (unpaired) electrons. The van der Waals surface area contributed by atoms with Gasteiger partial charge in [-0.3, -0.25) is 11.3 Å². The zero-order valence-corrected chi connectivity index (χ0v) is 12.3. The second kappa shape index (κ2) is 6.71. The van der Waals surface area contributed by atoms with E-state index in [1.165, 1.54) is 4.88 Å². The van der Waals surface area contributed by atoms with E-state index < -0.39 is 0 Å². The van der Waals surface area contributed by atoms with Crippen molar-refractivity contribution in [2.45, 2.75) is 32.4 Å². The molecular formula is C11H19BrN2OS. The van der Waals surface area contributed by atoms with E-state index in [-0.39, 0.29) is 12.1 Å². The molecule has 0 aliphatic carbocycles. The van der Waals surface area contributed by atoms with E-state index in [1.807, 2.05) is 0 Å². The minimum atomic E-state index is 0.130.